The van der Waals surface area contributed by atoms with E-state index in [1.807, 2.05) is 67.4 Å². The number of aromatic nitrogens is 3. The number of hydrogen-bond acceptors (Lipinski definition) is 6. The van der Waals surface area contributed by atoms with Gasteiger partial charge in [-0.2, -0.15) is 0 Å². The van der Waals surface area contributed by atoms with Crippen LogP contribution in [0.3, 0.4) is 0 Å². The third kappa shape index (κ3) is 4.76. The van der Waals surface area contributed by atoms with Gasteiger partial charge in [0.25, 0.3) is 0 Å². The SMILES string of the molecule is Cc1cc(CN(C)c2ccc(C=CC(C)(C(=O)O)C(=O)O)cc2)c(O)c(-n2nc3ccccc3n2)c1. The Morgan fingerprint density at radius 1 is 1.00 bits per heavy atom. The van der Waals surface area contributed by atoms with Gasteiger partial charge in [0.1, 0.15) is 22.5 Å². The number of carboxylic acid groups (broad SMARTS) is 2. The van der Waals surface area contributed by atoms with Gasteiger partial charge in [-0.3, -0.25) is 9.59 Å². The summed E-state index contributed by atoms with van der Waals surface area (Å²) in [6.45, 7) is 3.49. The lowest BCUT2D eigenvalue weighted by Gasteiger charge is -2.21. The first-order chi connectivity index (χ1) is 17.1. The molecule has 1 aromatic heterocycles. The minimum absolute atomic E-state index is 0.0916. The Bertz CT molecular complexity index is 1430. The van der Waals surface area contributed by atoms with Crippen LogP contribution in [0.5, 0.6) is 5.75 Å². The number of phenolic OH excluding ortho intramolecular Hbond substituents is 1. The van der Waals surface area contributed by atoms with Crippen molar-refractivity contribution >= 4 is 34.7 Å². The van der Waals surface area contributed by atoms with E-state index in [1.165, 1.54) is 10.9 Å². The summed E-state index contributed by atoms with van der Waals surface area (Å²) >= 11 is 0. The van der Waals surface area contributed by atoms with Gasteiger partial charge in [0.05, 0.1) is 0 Å². The fourth-order valence-corrected chi connectivity index (χ4v) is 3.76. The molecule has 0 aliphatic rings. The van der Waals surface area contributed by atoms with E-state index in [1.54, 1.807) is 12.1 Å². The van der Waals surface area contributed by atoms with E-state index >= 15 is 0 Å². The molecule has 0 fully saturated rings. The normalized spacial score (nSPS) is 11.8. The monoisotopic (exact) mass is 486 g/mol. The Morgan fingerprint density at radius 3 is 2.14 bits per heavy atom. The van der Waals surface area contributed by atoms with E-state index in [-0.39, 0.29) is 5.75 Å². The minimum atomic E-state index is -2.01. The molecule has 3 aromatic carbocycles. The van der Waals surface area contributed by atoms with Gasteiger partial charge in [0.15, 0.2) is 5.41 Å². The number of phenols is 1. The zero-order valence-electron chi connectivity index (χ0n) is 20.1. The molecular weight excluding hydrogens is 460 g/mol. The summed E-state index contributed by atoms with van der Waals surface area (Å²) in [7, 11) is 1.89. The molecule has 9 heteroatoms. The highest BCUT2D eigenvalue weighted by molar-refractivity contribution is 6.00. The first-order valence-electron chi connectivity index (χ1n) is 11.2. The summed E-state index contributed by atoms with van der Waals surface area (Å²) in [5, 5.41) is 38.5. The van der Waals surface area contributed by atoms with Crippen molar-refractivity contribution in [2.75, 3.05) is 11.9 Å². The number of carbonyl (C=O) groups is 2. The largest absolute Gasteiger partial charge is 0.505 e. The molecule has 0 spiro atoms. The average molecular weight is 487 g/mol. The second-order valence-electron chi connectivity index (χ2n) is 8.86. The van der Waals surface area contributed by atoms with Crippen LogP contribution in [0, 0.1) is 12.3 Å². The molecule has 0 atom stereocenters. The van der Waals surface area contributed by atoms with Gasteiger partial charge in [-0.1, -0.05) is 42.5 Å². The summed E-state index contributed by atoms with van der Waals surface area (Å²) < 4.78 is 0. The van der Waals surface area contributed by atoms with Crippen molar-refractivity contribution < 1.29 is 24.9 Å². The van der Waals surface area contributed by atoms with Gasteiger partial charge < -0.3 is 20.2 Å². The molecule has 9 nitrogen and oxygen atoms in total. The molecule has 0 unspecified atom stereocenters. The molecule has 36 heavy (non-hydrogen) atoms. The van der Waals surface area contributed by atoms with Crippen molar-refractivity contribution in [2.45, 2.75) is 20.4 Å². The fourth-order valence-electron chi connectivity index (χ4n) is 3.76. The maximum Gasteiger partial charge on any atom is 0.324 e. The van der Waals surface area contributed by atoms with E-state index in [4.69, 9.17) is 0 Å². The van der Waals surface area contributed by atoms with Gasteiger partial charge in [-0.25, -0.2) is 0 Å². The van der Waals surface area contributed by atoms with Crippen LogP contribution in [-0.4, -0.2) is 49.3 Å². The van der Waals surface area contributed by atoms with Crippen molar-refractivity contribution in [3.63, 3.8) is 0 Å². The number of aryl methyl sites for hydroxylation is 1. The molecule has 0 aliphatic heterocycles. The predicted octanol–water partition coefficient (Wildman–Crippen LogP) is 4.26. The van der Waals surface area contributed by atoms with Gasteiger partial charge in [0, 0.05) is 24.8 Å². The predicted molar refractivity (Wildman–Crippen MR) is 136 cm³/mol. The first-order valence-corrected chi connectivity index (χ1v) is 11.2. The zero-order valence-corrected chi connectivity index (χ0v) is 20.1. The second kappa shape index (κ2) is 9.53. The number of anilines is 1. The average Bonchev–Trinajstić information content (AvgIpc) is 3.28. The highest BCUT2D eigenvalue weighted by Gasteiger charge is 2.38. The minimum Gasteiger partial charge on any atom is -0.505 e. The molecular formula is C27H26N4O5. The number of aromatic hydroxyl groups is 1. The van der Waals surface area contributed by atoms with Crippen molar-refractivity contribution in [2.24, 2.45) is 5.41 Å². The third-order valence-corrected chi connectivity index (χ3v) is 6.05. The standard InChI is InChI=1S/C27H26N4O5/c1-17-14-19(24(32)23(15-17)31-28-21-6-4-5-7-22(21)29-31)16-30(3)20-10-8-18(9-11-20)12-13-27(2,25(33)34)26(35)36/h4-15,32H,16H2,1-3H3,(H,33,34)(H,35,36). The first kappa shape index (κ1) is 24.5. The summed E-state index contributed by atoms with van der Waals surface area (Å²) in [6, 6.07) is 18.5. The smallest absolute Gasteiger partial charge is 0.324 e. The van der Waals surface area contributed by atoms with Gasteiger partial charge in [0.2, 0.25) is 0 Å². The Labute approximate surface area is 207 Å². The van der Waals surface area contributed by atoms with Crippen LogP contribution in [-0.2, 0) is 16.1 Å². The Hall–Kier alpha value is -4.66. The summed E-state index contributed by atoms with van der Waals surface area (Å²) in [5.74, 6) is -2.77. The fraction of sp³-hybridized carbons (Fsp3) is 0.185. The highest BCUT2D eigenvalue weighted by Crippen LogP contribution is 2.30. The lowest BCUT2D eigenvalue weighted by atomic mass is 9.90. The van der Waals surface area contributed by atoms with Crippen LogP contribution in [0.1, 0.15) is 23.6 Å². The second-order valence-corrected chi connectivity index (χ2v) is 8.86. The molecule has 1 heterocycles. The summed E-state index contributed by atoms with van der Waals surface area (Å²) in [4.78, 5) is 26.1. The van der Waals surface area contributed by atoms with Crippen LogP contribution in [0.15, 0.2) is 66.7 Å². The summed E-state index contributed by atoms with van der Waals surface area (Å²) in [6.07, 6.45) is 2.64. The van der Waals surface area contributed by atoms with Crippen LogP contribution >= 0.6 is 0 Å². The van der Waals surface area contributed by atoms with E-state index in [0.717, 1.165) is 35.3 Å². The maximum atomic E-state index is 11.3. The molecule has 4 aromatic rings. The molecule has 0 aliphatic carbocycles. The lowest BCUT2D eigenvalue weighted by Crippen LogP contribution is -2.34. The van der Waals surface area contributed by atoms with E-state index in [9.17, 15) is 24.9 Å². The van der Waals surface area contributed by atoms with Crippen molar-refractivity contribution in [3.05, 3.63) is 83.4 Å². The van der Waals surface area contributed by atoms with E-state index < -0.39 is 17.4 Å². The molecule has 0 amide bonds. The number of nitrogens with zero attached hydrogens (tertiary/aromatic N) is 4. The Morgan fingerprint density at radius 2 is 1.58 bits per heavy atom. The van der Waals surface area contributed by atoms with Crippen molar-refractivity contribution in [1.82, 2.24) is 15.0 Å². The van der Waals surface area contributed by atoms with Gasteiger partial charge >= 0.3 is 11.9 Å². The number of hydrogen-bond donors (Lipinski definition) is 3. The molecule has 3 N–H and O–H groups in total. The van der Waals surface area contributed by atoms with E-state index in [2.05, 4.69) is 10.2 Å². The van der Waals surface area contributed by atoms with Gasteiger partial charge in [-0.05, 0) is 55.3 Å². The number of aliphatic carboxylic acids is 2. The number of carboxylic acids is 2. The van der Waals surface area contributed by atoms with Crippen LogP contribution in [0.4, 0.5) is 5.69 Å². The van der Waals surface area contributed by atoms with Crippen LogP contribution < -0.4 is 4.90 Å². The van der Waals surface area contributed by atoms with Gasteiger partial charge in [-0.15, -0.1) is 15.0 Å². The molecule has 0 saturated carbocycles. The van der Waals surface area contributed by atoms with E-state index in [0.29, 0.717) is 23.4 Å². The number of fused-ring (bicyclic) bond motifs is 1. The zero-order chi connectivity index (χ0) is 26.0. The lowest BCUT2D eigenvalue weighted by molar-refractivity contribution is -0.159. The van der Waals surface area contributed by atoms with Crippen LogP contribution in [0.2, 0.25) is 0 Å². The highest BCUT2D eigenvalue weighted by atomic mass is 16.4. The Kier molecular flexibility index (Phi) is 6.48. The molecule has 0 radical (unpaired) electrons. The molecule has 184 valence electrons. The third-order valence-electron chi connectivity index (χ3n) is 6.05. The number of benzene rings is 3. The van der Waals surface area contributed by atoms with Crippen molar-refractivity contribution in [1.29, 1.82) is 0 Å². The molecule has 0 bridgehead atoms. The molecule has 4 rings (SSSR count). The quantitative estimate of drug-likeness (QED) is 0.315. The number of rotatable bonds is 8. The summed E-state index contributed by atoms with van der Waals surface area (Å²) in [5.41, 5.74) is 3.14. The van der Waals surface area contributed by atoms with Crippen LogP contribution in [0.25, 0.3) is 22.8 Å². The molecule has 0 saturated heterocycles. The Balaban J connectivity index is 1.55. The van der Waals surface area contributed by atoms with Crippen molar-refractivity contribution in [3.8, 4) is 11.4 Å². The maximum absolute atomic E-state index is 11.3. The topological polar surface area (TPSA) is 129 Å².